The molecule has 12 heteroatoms. The molecular weight excluding hydrogens is 425 g/mol. The summed E-state index contributed by atoms with van der Waals surface area (Å²) < 4.78 is 42.9. The zero-order valence-electron chi connectivity index (χ0n) is 17.0. The van der Waals surface area contributed by atoms with E-state index in [-0.39, 0.29) is 17.4 Å². The number of halogens is 3. The third-order valence-corrected chi connectivity index (χ3v) is 5.40. The SMILES string of the molecule is Cn1cc(-c2nc3c4ccc(C(F)(F)F)cc4nc(N[C@@H]4CCCCNC4=O)n3n2)cn1. The van der Waals surface area contributed by atoms with Crippen LogP contribution in [0, 0.1) is 0 Å². The molecule has 1 aliphatic heterocycles. The minimum absolute atomic E-state index is 0.106. The van der Waals surface area contributed by atoms with E-state index >= 15 is 0 Å². The van der Waals surface area contributed by atoms with Crippen LogP contribution >= 0.6 is 0 Å². The van der Waals surface area contributed by atoms with Gasteiger partial charge in [-0.25, -0.2) is 9.97 Å². The molecule has 0 aliphatic carbocycles. The summed E-state index contributed by atoms with van der Waals surface area (Å²) in [5, 5.41) is 14.9. The van der Waals surface area contributed by atoms with E-state index in [1.54, 1.807) is 24.1 Å². The first-order valence-electron chi connectivity index (χ1n) is 10.1. The molecule has 5 rings (SSSR count). The minimum atomic E-state index is -4.51. The Morgan fingerprint density at radius 3 is 2.81 bits per heavy atom. The molecule has 4 aromatic rings. The van der Waals surface area contributed by atoms with Gasteiger partial charge in [-0.05, 0) is 37.5 Å². The maximum atomic E-state index is 13.3. The number of carbonyl (C=O) groups excluding carboxylic acids is 1. The standard InChI is InChI=1S/C20H19F3N8O/c1-30-10-11(9-25-30)16-28-17-13-6-5-12(20(21,22)23)8-15(13)27-19(31(17)29-16)26-14-4-2-3-7-24-18(14)32/h5-6,8-10,14H,2-4,7H2,1H3,(H,24,32)(H,26,27)/t14-/m1/s1. The van der Waals surface area contributed by atoms with E-state index in [0.29, 0.717) is 35.4 Å². The molecule has 1 saturated heterocycles. The highest BCUT2D eigenvalue weighted by Crippen LogP contribution is 2.33. The number of carbonyl (C=O) groups is 1. The zero-order chi connectivity index (χ0) is 22.5. The van der Waals surface area contributed by atoms with Gasteiger partial charge in [-0.1, -0.05) is 0 Å². The highest BCUT2D eigenvalue weighted by Gasteiger charge is 2.31. The molecule has 1 amide bonds. The van der Waals surface area contributed by atoms with Gasteiger partial charge in [0.05, 0.1) is 22.8 Å². The Labute approximate surface area is 179 Å². The van der Waals surface area contributed by atoms with E-state index in [4.69, 9.17) is 0 Å². The van der Waals surface area contributed by atoms with Crippen molar-refractivity contribution in [3.05, 3.63) is 36.2 Å². The molecule has 0 spiro atoms. The number of hydrogen-bond acceptors (Lipinski definition) is 6. The molecule has 0 unspecified atom stereocenters. The van der Waals surface area contributed by atoms with Crippen LogP contribution in [0.2, 0.25) is 0 Å². The molecule has 3 aromatic heterocycles. The second-order valence-corrected chi connectivity index (χ2v) is 7.72. The Balaban J connectivity index is 1.69. The third-order valence-electron chi connectivity index (χ3n) is 5.40. The van der Waals surface area contributed by atoms with E-state index in [9.17, 15) is 18.0 Å². The van der Waals surface area contributed by atoms with Gasteiger partial charge in [-0.2, -0.15) is 22.8 Å². The van der Waals surface area contributed by atoms with Crippen LogP contribution in [-0.4, -0.2) is 47.9 Å². The van der Waals surface area contributed by atoms with Crippen molar-refractivity contribution >= 4 is 28.4 Å². The van der Waals surface area contributed by atoms with E-state index in [0.717, 1.165) is 25.0 Å². The molecule has 32 heavy (non-hydrogen) atoms. The first-order chi connectivity index (χ1) is 15.3. The van der Waals surface area contributed by atoms with Gasteiger partial charge in [-0.15, -0.1) is 5.10 Å². The van der Waals surface area contributed by atoms with E-state index < -0.39 is 17.8 Å². The number of rotatable bonds is 3. The minimum Gasteiger partial charge on any atom is -0.354 e. The smallest absolute Gasteiger partial charge is 0.354 e. The second-order valence-electron chi connectivity index (χ2n) is 7.72. The number of amides is 1. The fourth-order valence-corrected chi connectivity index (χ4v) is 3.77. The molecule has 0 bridgehead atoms. The predicted octanol–water partition coefficient (Wildman–Crippen LogP) is 2.78. The van der Waals surface area contributed by atoms with Gasteiger partial charge in [0.15, 0.2) is 11.5 Å². The number of nitrogens with one attached hydrogen (secondary N) is 2. The molecule has 0 radical (unpaired) electrons. The van der Waals surface area contributed by atoms with Crippen molar-refractivity contribution in [3.8, 4) is 11.4 Å². The van der Waals surface area contributed by atoms with Crippen LogP contribution in [0.3, 0.4) is 0 Å². The van der Waals surface area contributed by atoms with Crippen molar-refractivity contribution in [2.24, 2.45) is 7.05 Å². The van der Waals surface area contributed by atoms with Gasteiger partial charge >= 0.3 is 6.18 Å². The molecule has 0 saturated carbocycles. The summed E-state index contributed by atoms with van der Waals surface area (Å²) in [6.07, 6.45) is 1.07. The summed E-state index contributed by atoms with van der Waals surface area (Å²) in [5.41, 5.74) is 0.273. The van der Waals surface area contributed by atoms with Crippen LogP contribution in [0.4, 0.5) is 19.1 Å². The number of hydrogen-bond donors (Lipinski definition) is 2. The maximum absolute atomic E-state index is 13.3. The number of fused-ring (bicyclic) bond motifs is 3. The molecule has 1 atom stereocenters. The number of nitrogens with zero attached hydrogens (tertiary/aromatic N) is 6. The van der Waals surface area contributed by atoms with Gasteiger partial charge < -0.3 is 10.6 Å². The fourth-order valence-electron chi connectivity index (χ4n) is 3.77. The monoisotopic (exact) mass is 444 g/mol. The fraction of sp³-hybridized carbons (Fsp3) is 0.350. The average Bonchev–Trinajstić information content (AvgIpc) is 3.33. The van der Waals surface area contributed by atoms with Crippen molar-refractivity contribution in [2.45, 2.75) is 31.5 Å². The first kappa shape index (κ1) is 20.2. The Morgan fingerprint density at radius 1 is 1.22 bits per heavy atom. The van der Waals surface area contributed by atoms with Crippen molar-refractivity contribution < 1.29 is 18.0 Å². The molecule has 9 nitrogen and oxygen atoms in total. The van der Waals surface area contributed by atoms with Crippen LogP contribution in [0.5, 0.6) is 0 Å². The quantitative estimate of drug-likeness (QED) is 0.504. The van der Waals surface area contributed by atoms with Crippen LogP contribution in [0.1, 0.15) is 24.8 Å². The number of alkyl halides is 3. The van der Waals surface area contributed by atoms with Gasteiger partial charge in [0.25, 0.3) is 0 Å². The normalized spacial score (nSPS) is 17.5. The summed E-state index contributed by atoms with van der Waals surface area (Å²) >= 11 is 0. The lowest BCUT2D eigenvalue weighted by Gasteiger charge is -2.17. The van der Waals surface area contributed by atoms with Gasteiger partial charge in [0, 0.05) is 25.2 Å². The third kappa shape index (κ3) is 3.61. The Bertz CT molecular complexity index is 1330. The lowest BCUT2D eigenvalue weighted by atomic mass is 10.1. The summed E-state index contributed by atoms with van der Waals surface area (Å²) in [5.74, 6) is 0.311. The second kappa shape index (κ2) is 7.46. The summed E-state index contributed by atoms with van der Waals surface area (Å²) in [6, 6.07) is 2.73. The van der Waals surface area contributed by atoms with Crippen LogP contribution in [0.25, 0.3) is 27.9 Å². The molecule has 166 valence electrons. The average molecular weight is 444 g/mol. The topological polar surface area (TPSA) is 102 Å². The lowest BCUT2D eigenvalue weighted by Crippen LogP contribution is -2.38. The molecule has 1 fully saturated rings. The number of aromatic nitrogens is 6. The van der Waals surface area contributed by atoms with Crippen molar-refractivity contribution in [1.82, 2.24) is 34.7 Å². The van der Waals surface area contributed by atoms with Crippen molar-refractivity contribution in [2.75, 3.05) is 11.9 Å². The maximum Gasteiger partial charge on any atom is 0.416 e. The summed E-state index contributed by atoms with van der Waals surface area (Å²) in [4.78, 5) is 21.4. The molecule has 1 aliphatic rings. The van der Waals surface area contributed by atoms with Gasteiger partial charge in [0.1, 0.15) is 6.04 Å². The Morgan fingerprint density at radius 2 is 2.06 bits per heavy atom. The van der Waals surface area contributed by atoms with Crippen LogP contribution in [-0.2, 0) is 18.0 Å². The highest BCUT2D eigenvalue weighted by atomic mass is 19.4. The number of anilines is 1. The van der Waals surface area contributed by atoms with E-state index in [1.165, 1.54) is 10.6 Å². The van der Waals surface area contributed by atoms with Crippen molar-refractivity contribution in [1.29, 1.82) is 0 Å². The van der Waals surface area contributed by atoms with Crippen molar-refractivity contribution in [3.63, 3.8) is 0 Å². The first-order valence-corrected chi connectivity index (χ1v) is 10.1. The number of benzene rings is 1. The zero-order valence-corrected chi connectivity index (χ0v) is 17.0. The summed E-state index contributed by atoms with van der Waals surface area (Å²) in [7, 11) is 1.76. The summed E-state index contributed by atoms with van der Waals surface area (Å²) in [6.45, 7) is 0.584. The van der Waals surface area contributed by atoms with Crippen LogP contribution in [0.15, 0.2) is 30.6 Å². The Kier molecular flexibility index (Phi) is 4.72. The van der Waals surface area contributed by atoms with E-state index in [2.05, 4.69) is 30.8 Å². The largest absolute Gasteiger partial charge is 0.416 e. The highest BCUT2D eigenvalue weighted by molar-refractivity contribution is 5.94. The van der Waals surface area contributed by atoms with Crippen LogP contribution < -0.4 is 10.6 Å². The molecule has 1 aromatic carbocycles. The predicted molar refractivity (Wildman–Crippen MR) is 110 cm³/mol. The molecular formula is C20H19F3N8O. The molecule has 2 N–H and O–H groups in total. The lowest BCUT2D eigenvalue weighted by molar-refractivity contribution is -0.137. The van der Waals surface area contributed by atoms with Gasteiger partial charge in [-0.3, -0.25) is 9.48 Å². The number of aryl methyl sites for hydroxylation is 1. The Hall–Kier alpha value is -3.70. The van der Waals surface area contributed by atoms with E-state index in [1.807, 2.05) is 0 Å². The van der Waals surface area contributed by atoms with Gasteiger partial charge in [0.2, 0.25) is 11.9 Å². The molecule has 4 heterocycles.